The lowest BCUT2D eigenvalue weighted by Gasteiger charge is -2.11. The molecule has 6 heteroatoms. The van der Waals surface area contributed by atoms with Crippen LogP contribution in [0.3, 0.4) is 0 Å². The zero-order valence-electron chi connectivity index (χ0n) is 13.1. The lowest BCUT2D eigenvalue weighted by atomic mass is 10.2. The Balaban J connectivity index is 1.68. The van der Waals surface area contributed by atoms with Gasteiger partial charge >= 0.3 is 0 Å². The molecule has 4 rings (SSSR count). The summed E-state index contributed by atoms with van der Waals surface area (Å²) < 4.78 is 1.79. The van der Waals surface area contributed by atoms with E-state index in [1.54, 1.807) is 28.7 Å². The van der Waals surface area contributed by atoms with E-state index in [0.717, 1.165) is 22.1 Å². The molecule has 5 nitrogen and oxygen atoms in total. The quantitative estimate of drug-likeness (QED) is 0.528. The van der Waals surface area contributed by atoms with Crippen LogP contribution in [0.4, 0.5) is 0 Å². The Kier molecular flexibility index (Phi) is 3.96. The second kappa shape index (κ2) is 6.41. The van der Waals surface area contributed by atoms with Crippen molar-refractivity contribution in [3.63, 3.8) is 0 Å². The molecule has 118 valence electrons. The number of aromatic nitrogens is 5. The lowest BCUT2D eigenvalue weighted by Crippen LogP contribution is -1.98. The first-order valence-electron chi connectivity index (χ1n) is 7.66. The molecule has 24 heavy (non-hydrogen) atoms. The third-order valence-corrected chi connectivity index (χ3v) is 4.83. The number of hydrogen-bond acceptors (Lipinski definition) is 5. The van der Waals surface area contributed by atoms with Gasteiger partial charge in [0.15, 0.2) is 11.5 Å². The van der Waals surface area contributed by atoms with Crippen molar-refractivity contribution < 1.29 is 0 Å². The van der Waals surface area contributed by atoms with E-state index in [1.165, 1.54) is 5.56 Å². The second-order valence-corrected chi connectivity index (χ2v) is 6.73. The summed E-state index contributed by atoms with van der Waals surface area (Å²) in [5.41, 5.74) is 2.96. The maximum atomic E-state index is 4.71. The Morgan fingerprint density at radius 2 is 1.71 bits per heavy atom. The summed E-state index contributed by atoms with van der Waals surface area (Å²) in [7, 11) is 0. The van der Waals surface area contributed by atoms with Gasteiger partial charge in [-0.05, 0) is 36.8 Å². The van der Waals surface area contributed by atoms with Gasteiger partial charge in [0.05, 0.1) is 0 Å². The molecule has 3 aromatic heterocycles. The Hall–Kier alpha value is -2.73. The summed E-state index contributed by atoms with van der Waals surface area (Å²) in [6, 6.07) is 18.2. The first-order valence-corrected chi connectivity index (χ1v) is 8.54. The highest BCUT2D eigenvalue weighted by Crippen LogP contribution is 2.33. The van der Waals surface area contributed by atoms with Crippen LogP contribution in [0, 0.1) is 0 Å². The maximum absolute atomic E-state index is 4.71. The van der Waals surface area contributed by atoms with Gasteiger partial charge in [-0.3, -0.25) is 4.98 Å². The van der Waals surface area contributed by atoms with E-state index in [2.05, 4.69) is 46.4 Å². The molecule has 4 aromatic rings. The number of pyridine rings is 1. The number of fused-ring (bicyclic) bond motifs is 1. The molecular formula is C18H15N5S. The largest absolute Gasteiger partial charge is 0.265 e. The molecule has 0 N–H and O–H groups in total. The highest BCUT2D eigenvalue weighted by molar-refractivity contribution is 7.99. The highest BCUT2D eigenvalue weighted by atomic mass is 32.2. The first kappa shape index (κ1) is 14.8. The van der Waals surface area contributed by atoms with E-state index < -0.39 is 0 Å². The Morgan fingerprint density at radius 3 is 2.50 bits per heavy atom. The van der Waals surface area contributed by atoms with Crippen LogP contribution >= 0.6 is 11.8 Å². The fraction of sp³-hybridized carbons (Fsp3) is 0.111. The van der Waals surface area contributed by atoms with Gasteiger partial charge in [0.1, 0.15) is 5.03 Å². The summed E-state index contributed by atoms with van der Waals surface area (Å²) in [6.45, 7) is 2.18. The van der Waals surface area contributed by atoms with E-state index in [9.17, 15) is 0 Å². The summed E-state index contributed by atoms with van der Waals surface area (Å²) >= 11 is 1.72. The summed E-state index contributed by atoms with van der Waals surface area (Å²) in [4.78, 5) is 4.04. The normalized spacial score (nSPS) is 12.4. The zero-order chi connectivity index (χ0) is 16.4. The summed E-state index contributed by atoms with van der Waals surface area (Å²) in [5.74, 6) is 0.724. The van der Waals surface area contributed by atoms with E-state index in [4.69, 9.17) is 5.10 Å². The van der Waals surface area contributed by atoms with E-state index >= 15 is 0 Å². The van der Waals surface area contributed by atoms with Crippen LogP contribution in [0.5, 0.6) is 0 Å². The molecule has 0 aliphatic carbocycles. The predicted octanol–water partition coefficient (Wildman–Crippen LogP) is 4.04. The molecule has 0 radical (unpaired) electrons. The van der Waals surface area contributed by atoms with Crippen LogP contribution in [-0.2, 0) is 0 Å². The van der Waals surface area contributed by atoms with Crippen molar-refractivity contribution in [2.75, 3.05) is 0 Å². The van der Waals surface area contributed by atoms with Crippen LogP contribution in [0.2, 0.25) is 0 Å². The van der Waals surface area contributed by atoms with Crippen molar-refractivity contribution in [1.29, 1.82) is 0 Å². The first-order chi connectivity index (χ1) is 11.8. The minimum absolute atomic E-state index is 0.317. The van der Waals surface area contributed by atoms with Crippen molar-refractivity contribution in [3.05, 3.63) is 72.6 Å². The number of benzene rings is 1. The van der Waals surface area contributed by atoms with Gasteiger partial charge in [0, 0.05) is 23.2 Å². The topological polar surface area (TPSA) is 56.0 Å². The minimum atomic E-state index is 0.317. The van der Waals surface area contributed by atoms with Crippen molar-refractivity contribution in [1.82, 2.24) is 24.8 Å². The Bertz CT molecular complexity index is 953. The monoisotopic (exact) mass is 333 g/mol. The second-order valence-electron chi connectivity index (χ2n) is 5.37. The number of hydrogen-bond donors (Lipinski definition) is 0. The average Bonchev–Trinajstić information content (AvgIpc) is 3.06. The fourth-order valence-electron chi connectivity index (χ4n) is 2.49. The molecular weight excluding hydrogens is 318 g/mol. The third kappa shape index (κ3) is 2.88. The molecule has 0 amide bonds. The van der Waals surface area contributed by atoms with Crippen molar-refractivity contribution in [3.8, 4) is 11.4 Å². The van der Waals surface area contributed by atoms with Crippen LogP contribution in [0.15, 0.2) is 72.0 Å². The molecule has 0 fully saturated rings. The van der Waals surface area contributed by atoms with Crippen molar-refractivity contribution >= 4 is 17.4 Å². The Morgan fingerprint density at radius 1 is 0.917 bits per heavy atom. The fourth-order valence-corrected chi connectivity index (χ4v) is 3.42. The van der Waals surface area contributed by atoms with Gasteiger partial charge < -0.3 is 0 Å². The highest BCUT2D eigenvalue weighted by Gasteiger charge is 2.12. The van der Waals surface area contributed by atoms with Gasteiger partial charge in [0.25, 0.3) is 0 Å². The number of thioether (sulfide) groups is 1. The SMILES string of the molecule is CC(Sc1ccc2nnc(-c3ccncc3)n2n1)c1ccccc1. The molecule has 0 saturated heterocycles. The number of rotatable bonds is 4. The molecule has 0 aliphatic heterocycles. The van der Waals surface area contributed by atoms with Crippen LogP contribution in [-0.4, -0.2) is 24.8 Å². The number of nitrogens with zero attached hydrogens (tertiary/aromatic N) is 5. The minimum Gasteiger partial charge on any atom is -0.265 e. The van der Waals surface area contributed by atoms with Gasteiger partial charge in [-0.25, -0.2) is 0 Å². The van der Waals surface area contributed by atoms with Gasteiger partial charge in [-0.2, -0.15) is 9.61 Å². The van der Waals surface area contributed by atoms with Gasteiger partial charge in [-0.1, -0.05) is 42.1 Å². The standard InChI is InChI=1S/C18H15N5S/c1-13(14-5-3-2-4-6-14)24-17-8-7-16-20-21-18(23(16)22-17)15-9-11-19-12-10-15/h2-13H,1H3. The smallest absolute Gasteiger partial charge is 0.185 e. The van der Waals surface area contributed by atoms with E-state index in [-0.39, 0.29) is 0 Å². The zero-order valence-corrected chi connectivity index (χ0v) is 13.9. The molecule has 0 bridgehead atoms. The van der Waals surface area contributed by atoms with Gasteiger partial charge in [0.2, 0.25) is 0 Å². The van der Waals surface area contributed by atoms with Crippen LogP contribution < -0.4 is 0 Å². The molecule has 1 aromatic carbocycles. The van der Waals surface area contributed by atoms with Crippen molar-refractivity contribution in [2.45, 2.75) is 17.2 Å². The molecule has 1 atom stereocenters. The summed E-state index contributed by atoms with van der Waals surface area (Å²) in [6.07, 6.45) is 3.49. The third-order valence-electron chi connectivity index (χ3n) is 3.74. The van der Waals surface area contributed by atoms with Crippen LogP contribution in [0.25, 0.3) is 17.0 Å². The molecule has 0 spiro atoms. The maximum Gasteiger partial charge on any atom is 0.185 e. The van der Waals surface area contributed by atoms with E-state index in [1.807, 2.05) is 30.3 Å². The molecule has 0 saturated carbocycles. The Labute approximate surface area is 143 Å². The van der Waals surface area contributed by atoms with Crippen molar-refractivity contribution in [2.24, 2.45) is 0 Å². The molecule has 0 aliphatic rings. The molecule has 1 unspecified atom stereocenters. The lowest BCUT2D eigenvalue weighted by molar-refractivity contribution is 0.857. The average molecular weight is 333 g/mol. The predicted molar refractivity (Wildman–Crippen MR) is 94.7 cm³/mol. The van der Waals surface area contributed by atoms with E-state index in [0.29, 0.717) is 5.25 Å². The molecule has 3 heterocycles. The van der Waals surface area contributed by atoms with Gasteiger partial charge in [-0.15, -0.1) is 10.2 Å². The van der Waals surface area contributed by atoms with Crippen LogP contribution in [0.1, 0.15) is 17.7 Å². The summed E-state index contributed by atoms with van der Waals surface area (Å²) in [5, 5.41) is 14.4.